The molecule has 2 atom stereocenters. The van der Waals surface area contributed by atoms with Crippen molar-refractivity contribution in [3.63, 3.8) is 0 Å². The minimum Gasteiger partial charge on any atom is -0.271 e. The summed E-state index contributed by atoms with van der Waals surface area (Å²) >= 11 is 3.75. The molecule has 1 saturated heterocycles. The number of hydrogen-bond donors (Lipinski definition) is 2. The van der Waals surface area contributed by atoms with Gasteiger partial charge < -0.3 is 0 Å². The van der Waals surface area contributed by atoms with Crippen molar-refractivity contribution in [1.29, 1.82) is 0 Å². The van der Waals surface area contributed by atoms with Crippen LogP contribution in [0.2, 0.25) is 0 Å². The van der Waals surface area contributed by atoms with E-state index in [1.54, 1.807) is 11.3 Å². The van der Waals surface area contributed by atoms with Crippen molar-refractivity contribution in [2.75, 3.05) is 5.75 Å². The summed E-state index contributed by atoms with van der Waals surface area (Å²) in [6.07, 6.45) is 5.50. The van der Waals surface area contributed by atoms with E-state index < -0.39 is 0 Å². The lowest BCUT2D eigenvalue weighted by Crippen LogP contribution is -2.49. The van der Waals surface area contributed by atoms with E-state index in [-0.39, 0.29) is 0 Å². The average Bonchev–Trinajstić information content (AvgIpc) is 2.85. The normalized spacial score (nSPS) is 28.1. The number of thiazole rings is 1. The predicted molar refractivity (Wildman–Crippen MR) is 67.0 cm³/mol. The molecule has 1 aromatic heterocycles. The molecule has 5 heteroatoms. The number of nitrogens with two attached hydrogens (primary N) is 1. The Labute approximate surface area is 98.8 Å². The zero-order valence-corrected chi connectivity index (χ0v) is 10.5. The number of rotatable bonds is 4. The maximum Gasteiger partial charge on any atom is 0.0794 e. The second-order valence-electron chi connectivity index (χ2n) is 4.16. The van der Waals surface area contributed by atoms with Gasteiger partial charge in [-0.15, -0.1) is 11.3 Å². The molecule has 1 aliphatic rings. The molecule has 3 nitrogen and oxygen atoms in total. The maximum absolute atomic E-state index is 5.68. The Hall–Kier alpha value is -0.100. The van der Waals surface area contributed by atoms with Crippen LogP contribution < -0.4 is 11.3 Å². The molecule has 0 spiro atoms. The van der Waals surface area contributed by atoms with Crippen LogP contribution >= 0.6 is 23.1 Å². The number of aromatic nitrogens is 1. The summed E-state index contributed by atoms with van der Waals surface area (Å²) in [6, 6.07) is 0.352. The van der Waals surface area contributed by atoms with E-state index in [9.17, 15) is 0 Å². The van der Waals surface area contributed by atoms with Gasteiger partial charge in [0.15, 0.2) is 0 Å². The first kappa shape index (κ1) is 11.4. The molecule has 15 heavy (non-hydrogen) atoms. The van der Waals surface area contributed by atoms with E-state index in [0.717, 1.165) is 6.42 Å². The smallest absolute Gasteiger partial charge is 0.0794 e. The highest BCUT2D eigenvalue weighted by Crippen LogP contribution is 2.41. The summed E-state index contributed by atoms with van der Waals surface area (Å²) < 4.78 is 0.290. The fourth-order valence-electron chi connectivity index (χ4n) is 2.07. The first-order chi connectivity index (χ1) is 7.24. The minimum absolute atomic E-state index is 0.290. The molecular weight excluding hydrogens is 226 g/mol. The van der Waals surface area contributed by atoms with E-state index in [4.69, 9.17) is 5.84 Å². The van der Waals surface area contributed by atoms with Gasteiger partial charge in [0.2, 0.25) is 0 Å². The Balaban J connectivity index is 2.03. The van der Waals surface area contributed by atoms with E-state index in [0.29, 0.717) is 10.8 Å². The summed E-state index contributed by atoms with van der Waals surface area (Å²) in [4.78, 5) is 5.41. The van der Waals surface area contributed by atoms with Crippen molar-refractivity contribution in [2.24, 2.45) is 5.84 Å². The van der Waals surface area contributed by atoms with Gasteiger partial charge in [-0.2, -0.15) is 11.8 Å². The summed E-state index contributed by atoms with van der Waals surface area (Å²) in [7, 11) is 0. The van der Waals surface area contributed by atoms with Crippen LogP contribution in [0.15, 0.2) is 11.7 Å². The van der Waals surface area contributed by atoms with Crippen LogP contribution in [0.25, 0.3) is 0 Å². The van der Waals surface area contributed by atoms with Gasteiger partial charge in [-0.3, -0.25) is 16.3 Å². The molecule has 2 unspecified atom stereocenters. The molecule has 1 aliphatic heterocycles. The van der Waals surface area contributed by atoms with Crippen molar-refractivity contribution in [3.05, 3.63) is 16.6 Å². The summed E-state index contributed by atoms with van der Waals surface area (Å²) in [5.74, 6) is 6.94. The number of nitrogens with zero attached hydrogens (tertiary/aromatic N) is 1. The minimum atomic E-state index is 0.290. The Bertz CT molecular complexity index is 294. The molecule has 0 bridgehead atoms. The van der Waals surface area contributed by atoms with Gasteiger partial charge in [0.25, 0.3) is 0 Å². The molecule has 0 saturated carbocycles. The summed E-state index contributed by atoms with van der Waals surface area (Å²) in [6.45, 7) is 2.32. The lowest BCUT2D eigenvalue weighted by molar-refractivity contribution is 0.407. The van der Waals surface area contributed by atoms with Crippen LogP contribution in [0, 0.1) is 0 Å². The third kappa shape index (κ3) is 2.53. The molecular formula is C10H17N3S2. The molecule has 1 fully saturated rings. The predicted octanol–water partition coefficient (Wildman–Crippen LogP) is 1.80. The quantitative estimate of drug-likeness (QED) is 0.625. The van der Waals surface area contributed by atoms with E-state index in [2.05, 4.69) is 17.3 Å². The molecule has 2 heterocycles. The van der Waals surface area contributed by atoms with Crippen LogP contribution in [0.3, 0.4) is 0 Å². The zero-order chi connectivity index (χ0) is 10.7. The SMILES string of the molecule is CC1(C(Cc2cncs2)NN)CCCS1. The van der Waals surface area contributed by atoms with Crippen molar-refractivity contribution in [1.82, 2.24) is 10.4 Å². The highest BCUT2D eigenvalue weighted by molar-refractivity contribution is 8.00. The van der Waals surface area contributed by atoms with Crippen molar-refractivity contribution in [3.8, 4) is 0 Å². The molecule has 0 amide bonds. The van der Waals surface area contributed by atoms with Crippen molar-refractivity contribution < 1.29 is 0 Å². The van der Waals surface area contributed by atoms with Crippen molar-refractivity contribution in [2.45, 2.75) is 37.0 Å². The fourth-order valence-corrected chi connectivity index (χ4v) is 4.11. The Morgan fingerprint density at radius 1 is 1.73 bits per heavy atom. The van der Waals surface area contributed by atoms with Gasteiger partial charge in [-0.1, -0.05) is 0 Å². The first-order valence-corrected chi connectivity index (χ1v) is 7.08. The van der Waals surface area contributed by atoms with Gasteiger partial charge >= 0.3 is 0 Å². The fraction of sp³-hybridized carbons (Fsp3) is 0.700. The van der Waals surface area contributed by atoms with Crippen LogP contribution in [0.4, 0.5) is 0 Å². The van der Waals surface area contributed by atoms with Gasteiger partial charge in [0.05, 0.1) is 5.51 Å². The Morgan fingerprint density at radius 2 is 2.60 bits per heavy atom. The lowest BCUT2D eigenvalue weighted by atomic mass is 9.94. The number of hydrogen-bond acceptors (Lipinski definition) is 5. The molecule has 2 rings (SSSR count). The molecule has 0 aliphatic carbocycles. The van der Waals surface area contributed by atoms with Crippen LogP contribution in [0.1, 0.15) is 24.6 Å². The zero-order valence-electron chi connectivity index (χ0n) is 8.90. The van der Waals surface area contributed by atoms with Gasteiger partial charge in [0.1, 0.15) is 0 Å². The third-order valence-corrected chi connectivity index (χ3v) is 5.52. The summed E-state index contributed by atoms with van der Waals surface area (Å²) in [5, 5.41) is 0. The number of hydrazine groups is 1. The third-order valence-electron chi connectivity index (χ3n) is 3.08. The monoisotopic (exact) mass is 243 g/mol. The molecule has 1 aromatic rings. The molecule has 84 valence electrons. The van der Waals surface area contributed by atoms with E-state index in [1.165, 1.54) is 23.5 Å². The molecule has 0 aromatic carbocycles. The Kier molecular flexibility index (Phi) is 3.66. The number of thioether (sulfide) groups is 1. The van der Waals surface area contributed by atoms with Gasteiger partial charge in [-0.25, -0.2) is 0 Å². The lowest BCUT2D eigenvalue weighted by Gasteiger charge is -2.32. The van der Waals surface area contributed by atoms with Crippen LogP contribution in [-0.4, -0.2) is 21.5 Å². The molecule has 3 N–H and O–H groups in total. The Morgan fingerprint density at radius 3 is 3.13 bits per heavy atom. The summed E-state index contributed by atoms with van der Waals surface area (Å²) in [5.41, 5.74) is 4.86. The average molecular weight is 243 g/mol. The standard InChI is InChI=1S/C10H17N3S2/c1-10(3-2-4-15-10)9(13-11)5-8-6-12-7-14-8/h6-7,9,13H,2-5,11H2,1H3. The maximum atomic E-state index is 5.68. The van der Waals surface area contributed by atoms with Crippen LogP contribution in [0.5, 0.6) is 0 Å². The molecule has 0 radical (unpaired) electrons. The highest BCUT2D eigenvalue weighted by Gasteiger charge is 2.37. The highest BCUT2D eigenvalue weighted by atomic mass is 32.2. The van der Waals surface area contributed by atoms with Crippen LogP contribution in [-0.2, 0) is 6.42 Å². The van der Waals surface area contributed by atoms with Crippen molar-refractivity contribution >= 4 is 23.1 Å². The second kappa shape index (κ2) is 4.82. The topological polar surface area (TPSA) is 50.9 Å². The van der Waals surface area contributed by atoms with E-state index >= 15 is 0 Å². The second-order valence-corrected chi connectivity index (χ2v) is 6.76. The van der Waals surface area contributed by atoms with E-state index in [1.807, 2.05) is 23.5 Å². The number of nitrogens with one attached hydrogen (secondary N) is 1. The largest absolute Gasteiger partial charge is 0.271 e. The first-order valence-electron chi connectivity index (χ1n) is 5.22. The van der Waals surface area contributed by atoms with Gasteiger partial charge in [-0.05, 0) is 25.5 Å². The van der Waals surface area contributed by atoms with Gasteiger partial charge in [0, 0.05) is 28.3 Å².